The van der Waals surface area contributed by atoms with Crippen molar-refractivity contribution in [2.75, 3.05) is 0 Å². The number of aryl methyl sites for hydroxylation is 1. The van der Waals surface area contributed by atoms with Gasteiger partial charge in [-0.1, -0.05) is 24.3 Å². The zero-order valence-corrected chi connectivity index (χ0v) is 15.7. The molecule has 30 heavy (non-hydrogen) atoms. The highest BCUT2D eigenvalue weighted by Crippen LogP contribution is 2.44. The number of hydrogen-bond acceptors (Lipinski definition) is 7. The van der Waals surface area contributed by atoms with Gasteiger partial charge in [0, 0.05) is 6.42 Å². The minimum atomic E-state index is -0.869. The van der Waals surface area contributed by atoms with Crippen LogP contribution in [-0.4, -0.2) is 37.1 Å². The summed E-state index contributed by atoms with van der Waals surface area (Å²) in [5, 5.41) is 49.3. The quantitative estimate of drug-likeness (QED) is 0.420. The van der Waals surface area contributed by atoms with E-state index >= 15 is 0 Å². The van der Waals surface area contributed by atoms with E-state index in [-0.39, 0.29) is 41.3 Å². The molecule has 0 unspecified atom stereocenters. The van der Waals surface area contributed by atoms with Crippen LogP contribution in [0.3, 0.4) is 0 Å². The second-order valence-corrected chi connectivity index (χ2v) is 7.19. The summed E-state index contributed by atoms with van der Waals surface area (Å²) in [4.78, 5) is 26.1. The van der Waals surface area contributed by atoms with Crippen molar-refractivity contribution < 1.29 is 35.1 Å². The molecule has 0 saturated carbocycles. The molecular formula is C23H18O7. The van der Waals surface area contributed by atoms with Gasteiger partial charge in [0.25, 0.3) is 0 Å². The van der Waals surface area contributed by atoms with Crippen LogP contribution >= 0.6 is 0 Å². The Morgan fingerprint density at radius 1 is 0.767 bits per heavy atom. The van der Waals surface area contributed by atoms with Gasteiger partial charge in [0.15, 0.2) is 17.2 Å². The fraction of sp³-hybridized carbons (Fsp3) is 0.130. The lowest BCUT2D eigenvalue weighted by molar-refractivity contribution is -0.119. The van der Waals surface area contributed by atoms with Crippen molar-refractivity contribution in [1.29, 1.82) is 0 Å². The fourth-order valence-corrected chi connectivity index (χ4v) is 3.95. The first-order chi connectivity index (χ1) is 14.3. The van der Waals surface area contributed by atoms with Crippen LogP contribution in [0.4, 0.5) is 0 Å². The molecule has 0 spiro atoms. The molecule has 1 aliphatic rings. The van der Waals surface area contributed by atoms with E-state index in [1.165, 1.54) is 24.3 Å². The molecule has 0 aliphatic heterocycles. The van der Waals surface area contributed by atoms with Crippen molar-refractivity contribution in [3.8, 4) is 28.7 Å². The maximum atomic E-state index is 13.2. The maximum Gasteiger partial charge on any atom is 0.201 e. The van der Waals surface area contributed by atoms with E-state index in [0.717, 1.165) is 0 Å². The molecular weight excluding hydrogens is 388 g/mol. The molecule has 0 atom stereocenters. The highest BCUT2D eigenvalue weighted by atomic mass is 16.3. The maximum absolute atomic E-state index is 13.2. The molecule has 7 nitrogen and oxygen atoms in total. The van der Waals surface area contributed by atoms with Crippen molar-refractivity contribution in [2.45, 2.75) is 18.8 Å². The van der Waals surface area contributed by atoms with E-state index < -0.39 is 28.9 Å². The van der Waals surface area contributed by atoms with Gasteiger partial charge < -0.3 is 25.5 Å². The smallest absolute Gasteiger partial charge is 0.201 e. The van der Waals surface area contributed by atoms with Gasteiger partial charge in [-0.25, -0.2) is 0 Å². The predicted octanol–water partition coefficient (Wildman–Crippen LogP) is 3.09. The number of benzene rings is 3. The molecule has 3 aromatic rings. The van der Waals surface area contributed by atoms with Gasteiger partial charge in [-0.2, -0.15) is 0 Å². The molecule has 4 rings (SSSR count). The molecule has 0 saturated heterocycles. The Hall–Kier alpha value is -4.00. The SMILES string of the molecule is O=C1c2c(O)cccc2C(C(=O)CCc2cc(O)c(O)c(O)c2)c2cccc(O)c21. The first kappa shape index (κ1) is 19.3. The molecule has 5 N–H and O–H groups in total. The van der Waals surface area contributed by atoms with Crippen LogP contribution in [0.5, 0.6) is 28.7 Å². The Bertz CT molecular complexity index is 1120. The molecule has 152 valence electrons. The summed E-state index contributed by atoms with van der Waals surface area (Å²) in [5.41, 5.74) is 1.14. The molecule has 0 heterocycles. The number of ketones is 2. The summed E-state index contributed by atoms with van der Waals surface area (Å²) >= 11 is 0. The molecule has 1 aliphatic carbocycles. The first-order valence-corrected chi connectivity index (χ1v) is 9.24. The van der Waals surface area contributed by atoms with E-state index in [2.05, 4.69) is 0 Å². The van der Waals surface area contributed by atoms with Gasteiger partial charge in [0.2, 0.25) is 5.78 Å². The van der Waals surface area contributed by atoms with Gasteiger partial charge in [0.1, 0.15) is 17.3 Å². The monoisotopic (exact) mass is 406 g/mol. The van der Waals surface area contributed by atoms with E-state index in [1.54, 1.807) is 24.3 Å². The summed E-state index contributed by atoms with van der Waals surface area (Å²) < 4.78 is 0. The van der Waals surface area contributed by atoms with Crippen LogP contribution in [0.1, 0.15) is 45.0 Å². The van der Waals surface area contributed by atoms with Gasteiger partial charge in [-0.3, -0.25) is 9.59 Å². The van der Waals surface area contributed by atoms with Crippen LogP contribution in [-0.2, 0) is 11.2 Å². The average molecular weight is 406 g/mol. The topological polar surface area (TPSA) is 135 Å². The van der Waals surface area contributed by atoms with Crippen LogP contribution in [0.25, 0.3) is 0 Å². The summed E-state index contributed by atoms with van der Waals surface area (Å²) in [5.74, 6) is -3.84. The third-order valence-corrected chi connectivity index (χ3v) is 5.34. The van der Waals surface area contributed by atoms with Crippen molar-refractivity contribution in [3.05, 3.63) is 76.3 Å². The van der Waals surface area contributed by atoms with Gasteiger partial charge >= 0.3 is 0 Å². The van der Waals surface area contributed by atoms with E-state index in [1.807, 2.05) is 0 Å². The Kier molecular flexibility index (Phi) is 4.58. The highest BCUT2D eigenvalue weighted by molar-refractivity contribution is 6.18. The molecule has 0 bridgehead atoms. The largest absolute Gasteiger partial charge is 0.507 e. The second kappa shape index (κ2) is 7.11. The van der Waals surface area contributed by atoms with Crippen molar-refractivity contribution in [1.82, 2.24) is 0 Å². The molecule has 0 aromatic heterocycles. The van der Waals surface area contributed by atoms with Crippen LogP contribution in [0.2, 0.25) is 0 Å². The van der Waals surface area contributed by atoms with E-state index in [9.17, 15) is 35.1 Å². The number of carbonyl (C=O) groups is 2. The summed E-state index contributed by atoms with van der Waals surface area (Å²) in [6.45, 7) is 0. The first-order valence-electron chi connectivity index (χ1n) is 9.24. The summed E-state index contributed by atoms with van der Waals surface area (Å²) in [6.07, 6.45) is 0.152. The average Bonchev–Trinajstić information content (AvgIpc) is 2.70. The van der Waals surface area contributed by atoms with Crippen molar-refractivity contribution in [2.24, 2.45) is 0 Å². The number of fused-ring (bicyclic) bond motifs is 2. The number of aromatic hydroxyl groups is 5. The number of phenolic OH excluding ortho intramolecular Hbond substituents is 5. The summed E-state index contributed by atoms with van der Waals surface area (Å²) in [7, 11) is 0. The van der Waals surface area contributed by atoms with Crippen LogP contribution in [0.15, 0.2) is 48.5 Å². The third-order valence-electron chi connectivity index (χ3n) is 5.34. The lowest BCUT2D eigenvalue weighted by Crippen LogP contribution is -2.25. The lowest BCUT2D eigenvalue weighted by Gasteiger charge is -2.27. The summed E-state index contributed by atoms with van der Waals surface area (Å²) in [6, 6.07) is 11.5. The Morgan fingerprint density at radius 2 is 1.27 bits per heavy atom. The number of Topliss-reactive ketones (excluding diaryl/α,β-unsaturated/α-hetero) is 1. The molecule has 0 radical (unpaired) electrons. The zero-order valence-electron chi connectivity index (χ0n) is 15.7. The van der Waals surface area contributed by atoms with Crippen molar-refractivity contribution in [3.63, 3.8) is 0 Å². The Labute approximate surface area is 171 Å². The normalized spacial score (nSPS) is 13.0. The number of carbonyl (C=O) groups excluding carboxylic acids is 2. The predicted molar refractivity (Wildman–Crippen MR) is 106 cm³/mol. The van der Waals surface area contributed by atoms with E-state index in [0.29, 0.717) is 16.7 Å². The van der Waals surface area contributed by atoms with Crippen LogP contribution < -0.4 is 0 Å². The molecule has 0 fully saturated rings. The third kappa shape index (κ3) is 3.00. The zero-order chi connectivity index (χ0) is 21.6. The second-order valence-electron chi connectivity index (χ2n) is 7.19. The van der Waals surface area contributed by atoms with Crippen molar-refractivity contribution >= 4 is 11.6 Å². The highest BCUT2D eigenvalue weighted by Gasteiger charge is 2.38. The van der Waals surface area contributed by atoms with Crippen LogP contribution in [0, 0.1) is 0 Å². The minimum Gasteiger partial charge on any atom is -0.507 e. The van der Waals surface area contributed by atoms with E-state index in [4.69, 9.17) is 0 Å². The number of phenols is 5. The number of hydrogen-bond donors (Lipinski definition) is 5. The molecule has 0 amide bonds. The Morgan fingerprint density at radius 3 is 1.77 bits per heavy atom. The van der Waals surface area contributed by atoms with Gasteiger partial charge in [-0.15, -0.1) is 0 Å². The fourth-order valence-electron chi connectivity index (χ4n) is 3.95. The minimum absolute atomic E-state index is 0.00724. The molecule has 7 heteroatoms. The number of rotatable bonds is 4. The van der Waals surface area contributed by atoms with Gasteiger partial charge in [-0.05, 0) is 47.4 Å². The Balaban J connectivity index is 1.73. The van der Waals surface area contributed by atoms with Gasteiger partial charge in [0.05, 0.1) is 17.0 Å². The standard InChI is InChI=1S/C23H18O7/c24-14-5-1-3-12-19(13-4-2-6-15(25)21(13)23(30)20(12)14)16(26)8-7-11-9-17(27)22(29)18(28)10-11/h1-6,9-10,19,24-25,27-29H,7-8H2. The lowest BCUT2D eigenvalue weighted by atomic mass is 9.74. The molecule has 3 aromatic carbocycles.